The predicted octanol–water partition coefficient (Wildman–Crippen LogP) is 2.79. The van der Waals surface area contributed by atoms with E-state index >= 15 is 0 Å². The van der Waals surface area contributed by atoms with E-state index < -0.39 is 0 Å². The molecule has 0 bridgehead atoms. The van der Waals surface area contributed by atoms with Gasteiger partial charge < -0.3 is 16.4 Å². The van der Waals surface area contributed by atoms with E-state index in [-0.39, 0.29) is 0 Å². The fraction of sp³-hybridized carbons (Fsp3) is 0.667. The van der Waals surface area contributed by atoms with Crippen LogP contribution in [0.3, 0.4) is 0 Å². The first-order valence-electron chi connectivity index (χ1n) is 8.58. The molecule has 0 aliphatic heterocycles. The highest BCUT2D eigenvalue weighted by atomic mass is 14.9. The Bertz CT molecular complexity index is 369. The Morgan fingerprint density at radius 3 is 2.29 bits per heavy atom. The zero-order chi connectivity index (χ0) is 14.8. The molecular weight excluding hydrogens is 258 g/mol. The number of hydrogen-bond donors (Lipinski definition) is 3. The lowest BCUT2D eigenvalue weighted by atomic mass is 9.89. The summed E-state index contributed by atoms with van der Waals surface area (Å²) in [6.45, 7) is 5.01. The quantitative estimate of drug-likeness (QED) is 0.613. The highest BCUT2D eigenvalue weighted by Gasteiger charge is 2.12. The Morgan fingerprint density at radius 2 is 1.57 bits per heavy atom. The van der Waals surface area contributed by atoms with Gasteiger partial charge in [-0.1, -0.05) is 43.5 Å². The maximum Gasteiger partial charge on any atom is 0.0205 e. The molecule has 0 atom stereocenters. The zero-order valence-electron chi connectivity index (χ0n) is 13.2. The van der Waals surface area contributed by atoms with Crippen molar-refractivity contribution in [3.63, 3.8) is 0 Å². The lowest BCUT2D eigenvalue weighted by Crippen LogP contribution is -2.27. The third-order valence-corrected chi connectivity index (χ3v) is 4.45. The summed E-state index contributed by atoms with van der Waals surface area (Å²) in [4.78, 5) is 0. The van der Waals surface area contributed by atoms with Crippen LogP contribution in [0.25, 0.3) is 0 Å². The second-order valence-corrected chi connectivity index (χ2v) is 6.26. The molecule has 0 radical (unpaired) electrons. The average molecular weight is 289 g/mol. The maximum atomic E-state index is 5.60. The molecule has 0 aromatic heterocycles. The minimum absolute atomic E-state index is 0.625. The van der Waals surface area contributed by atoms with E-state index in [1.807, 2.05) is 0 Å². The normalized spacial score (nSPS) is 16.2. The molecule has 21 heavy (non-hydrogen) atoms. The van der Waals surface area contributed by atoms with Crippen molar-refractivity contribution in [3.8, 4) is 0 Å². The molecule has 3 nitrogen and oxygen atoms in total. The first kappa shape index (κ1) is 16.5. The lowest BCUT2D eigenvalue weighted by Gasteiger charge is -2.21. The predicted molar refractivity (Wildman–Crippen MR) is 90.1 cm³/mol. The van der Waals surface area contributed by atoms with Crippen LogP contribution in [0.2, 0.25) is 0 Å². The SMILES string of the molecule is NCc1ccc(CNCCCNCC2CCCCC2)cc1. The molecule has 1 aliphatic rings. The van der Waals surface area contributed by atoms with E-state index in [4.69, 9.17) is 5.73 Å². The molecule has 1 aromatic carbocycles. The van der Waals surface area contributed by atoms with Crippen molar-refractivity contribution in [2.24, 2.45) is 11.7 Å². The number of nitrogens with two attached hydrogens (primary N) is 1. The lowest BCUT2D eigenvalue weighted by molar-refractivity contribution is 0.342. The van der Waals surface area contributed by atoms with Gasteiger partial charge in [-0.3, -0.25) is 0 Å². The first-order valence-corrected chi connectivity index (χ1v) is 8.58. The molecule has 0 amide bonds. The van der Waals surface area contributed by atoms with Crippen molar-refractivity contribution in [1.82, 2.24) is 10.6 Å². The fourth-order valence-electron chi connectivity index (χ4n) is 3.06. The molecule has 1 aliphatic carbocycles. The molecule has 1 saturated carbocycles. The van der Waals surface area contributed by atoms with Crippen LogP contribution < -0.4 is 16.4 Å². The van der Waals surface area contributed by atoms with Gasteiger partial charge >= 0.3 is 0 Å². The van der Waals surface area contributed by atoms with Gasteiger partial charge in [0.25, 0.3) is 0 Å². The molecule has 1 aromatic rings. The van der Waals surface area contributed by atoms with E-state index in [0.717, 1.165) is 25.6 Å². The van der Waals surface area contributed by atoms with Crippen LogP contribution in [0.4, 0.5) is 0 Å². The monoisotopic (exact) mass is 289 g/mol. The topological polar surface area (TPSA) is 50.1 Å². The van der Waals surface area contributed by atoms with Gasteiger partial charge in [-0.25, -0.2) is 0 Å². The fourth-order valence-corrected chi connectivity index (χ4v) is 3.06. The van der Waals surface area contributed by atoms with Crippen molar-refractivity contribution in [2.45, 2.75) is 51.6 Å². The summed E-state index contributed by atoms with van der Waals surface area (Å²) in [7, 11) is 0. The van der Waals surface area contributed by atoms with Crippen molar-refractivity contribution >= 4 is 0 Å². The van der Waals surface area contributed by atoms with Crippen LogP contribution in [-0.2, 0) is 13.1 Å². The van der Waals surface area contributed by atoms with Crippen LogP contribution in [0.5, 0.6) is 0 Å². The van der Waals surface area contributed by atoms with Crippen molar-refractivity contribution in [1.29, 1.82) is 0 Å². The Balaban J connectivity index is 1.46. The van der Waals surface area contributed by atoms with Gasteiger partial charge in [-0.15, -0.1) is 0 Å². The third kappa shape index (κ3) is 6.60. The summed E-state index contributed by atoms with van der Waals surface area (Å²) in [6.07, 6.45) is 8.40. The zero-order valence-corrected chi connectivity index (χ0v) is 13.2. The molecule has 0 unspecified atom stereocenters. The number of nitrogens with one attached hydrogen (secondary N) is 2. The molecule has 3 heteroatoms. The molecule has 0 saturated heterocycles. The minimum atomic E-state index is 0.625. The van der Waals surface area contributed by atoms with Crippen LogP contribution >= 0.6 is 0 Å². The first-order chi connectivity index (χ1) is 10.4. The van der Waals surface area contributed by atoms with Crippen LogP contribution in [-0.4, -0.2) is 19.6 Å². The van der Waals surface area contributed by atoms with E-state index in [2.05, 4.69) is 34.9 Å². The summed E-state index contributed by atoms with van der Waals surface area (Å²) in [6, 6.07) is 8.55. The number of benzene rings is 1. The summed E-state index contributed by atoms with van der Waals surface area (Å²) < 4.78 is 0. The molecule has 1 fully saturated rings. The van der Waals surface area contributed by atoms with Crippen LogP contribution in [0, 0.1) is 5.92 Å². The van der Waals surface area contributed by atoms with Gasteiger partial charge in [0, 0.05) is 13.1 Å². The smallest absolute Gasteiger partial charge is 0.0205 e. The molecule has 118 valence electrons. The third-order valence-electron chi connectivity index (χ3n) is 4.45. The maximum absolute atomic E-state index is 5.60. The van der Waals surface area contributed by atoms with E-state index in [1.165, 1.54) is 56.2 Å². The largest absolute Gasteiger partial charge is 0.326 e. The van der Waals surface area contributed by atoms with Gasteiger partial charge in [0.1, 0.15) is 0 Å². The van der Waals surface area contributed by atoms with Gasteiger partial charge in [0.2, 0.25) is 0 Å². The molecule has 2 rings (SSSR count). The summed E-state index contributed by atoms with van der Waals surface area (Å²) in [5, 5.41) is 7.12. The Kier molecular flexibility index (Phi) is 7.79. The second-order valence-electron chi connectivity index (χ2n) is 6.26. The van der Waals surface area contributed by atoms with Crippen LogP contribution in [0.15, 0.2) is 24.3 Å². The average Bonchev–Trinajstić information content (AvgIpc) is 2.55. The molecule has 4 N–H and O–H groups in total. The Morgan fingerprint density at radius 1 is 0.905 bits per heavy atom. The van der Waals surface area contributed by atoms with Crippen molar-refractivity contribution in [3.05, 3.63) is 35.4 Å². The van der Waals surface area contributed by atoms with Gasteiger partial charge in [-0.05, 0) is 55.9 Å². The van der Waals surface area contributed by atoms with Gasteiger partial charge in [0.15, 0.2) is 0 Å². The molecule has 0 spiro atoms. The number of hydrogen-bond acceptors (Lipinski definition) is 3. The van der Waals surface area contributed by atoms with Crippen molar-refractivity contribution < 1.29 is 0 Å². The highest BCUT2D eigenvalue weighted by Crippen LogP contribution is 2.22. The summed E-state index contributed by atoms with van der Waals surface area (Å²) in [5.41, 5.74) is 8.13. The van der Waals surface area contributed by atoms with Gasteiger partial charge in [0.05, 0.1) is 0 Å². The van der Waals surface area contributed by atoms with E-state index in [1.54, 1.807) is 0 Å². The van der Waals surface area contributed by atoms with Crippen LogP contribution in [0.1, 0.15) is 49.7 Å². The minimum Gasteiger partial charge on any atom is -0.326 e. The van der Waals surface area contributed by atoms with E-state index in [0.29, 0.717) is 6.54 Å². The Hall–Kier alpha value is -0.900. The summed E-state index contributed by atoms with van der Waals surface area (Å²) >= 11 is 0. The summed E-state index contributed by atoms with van der Waals surface area (Å²) in [5.74, 6) is 0.938. The highest BCUT2D eigenvalue weighted by molar-refractivity contribution is 5.22. The standard InChI is InChI=1S/C18H31N3/c19-13-16-7-9-18(10-8-16)15-21-12-4-11-20-14-17-5-2-1-3-6-17/h7-10,17,20-21H,1-6,11-15,19H2. The van der Waals surface area contributed by atoms with E-state index in [9.17, 15) is 0 Å². The van der Waals surface area contributed by atoms with Gasteiger partial charge in [-0.2, -0.15) is 0 Å². The molecular formula is C18H31N3. The Labute approximate surface area is 129 Å². The number of rotatable bonds is 9. The van der Waals surface area contributed by atoms with Crippen molar-refractivity contribution in [2.75, 3.05) is 19.6 Å². The molecule has 0 heterocycles. The second kappa shape index (κ2) is 9.93.